The third-order valence-electron chi connectivity index (χ3n) is 3.92. The van der Waals surface area contributed by atoms with Gasteiger partial charge in [-0.2, -0.15) is 0 Å². The Kier molecular flexibility index (Phi) is 3.87. The maximum Gasteiger partial charge on any atom is 0.126 e. The fourth-order valence-corrected chi connectivity index (χ4v) is 2.72. The first-order valence-corrected chi connectivity index (χ1v) is 6.69. The molecule has 2 atom stereocenters. The summed E-state index contributed by atoms with van der Waals surface area (Å²) in [5.41, 5.74) is 7.66. The van der Waals surface area contributed by atoms with E-state index >= 15 is 0 Å². The summed E-state index contributed by atoms with van der Waals surface area (Å²) in [5, 5.41) is 3.58. The summed E-state index contributed by atoms with van der Waals surface area (Å²) in [5.74, 6) is 1.77. The Morgan fingerprint density at radius 3 is 2.88 bits per heavy atom. The Labute approximate surface area is 104 Å². The van der Waals surface area contributed by atoms with Crippen LogP contribution in [0.4, 0.5) is 11.5 Å². The van der Waals surface area contributed by atoms with Crippen LogP contribution < -0.4 is 11.1 Å². The van der Waals surface area contributed by atoms with Crippen molar-refractivity contribution in [3.05, 3.63) is 17.8 Å². The number of aromatic nitrogens is 1. The van der Waals surface area contributed by atoms with E-state index in [1.165, 1.54) is 32.1 Å². The Bertz CT molecular complexity index is 376. The Balaban J connectivity index is 2.05. The van der Waals surface area contributed by atoms with Crippen LogP contribution in [0.5, 0.6) is 0 Å². The smallest absolute Gasteiger partial charge is 0.126 e. The van der Waals surface area contributed by atoms with E-state index in [9.17, 15) is 0 Å². The van der Waals surface area contributed by atoms with Crippen molar-refractivity contribution in [1.82, 2.24) is 4.98 Å². The number of nitrogens with zero attached hydrogens (tertiary/aromatic N) is 1. The molecule has 17 heavy (non-hydrogen) atoms. The van der Waals surface area contributed by atoms with E-state index in [1.54, 1.807) is 6.20 Å². The quantitative estimate of drug-likeness (QED) is 0.841. The zero-order valence-corrected chi connectivity index (χ0v) is 10.9. The van der Waals surface area contributed by atoms with Crippen LogP contribution in [0.15, 0.2) is 12.3 Å². The maximum atomic E-state index is 5.79. The van der Waals surface area contributed by atoms with E-state index in [-0.39, 0.29) is 0 Å². The van der Waals surface area contributed by atoms with Gasteiger partial charge in [0, 0.05) is 6.04 Å². The normalized spacial score (nSPS) is 24.6. The molecule has 0 aromatic carbocycles. The summed E-state index contributed by atoms with van der Waals surface area (Å²) in [7, 11) is 0. The number of nitrogen functional groups attached to an aromatic ring is 1. The third-order valence-corrected chi connectivity index (χ3v) is 3.92. The highest BCUT2D eigenvalue weighted by atomic mass is 15.0. The van der Waals surface area contributed by atoms with Crippen LogP contribution in [-0.4, -0.2) is 11.0 Å². The molecule has 0 amide bonds. The second-order valence-electron chi connectivity index (χ2n) is 5.13. The van der Waals surface area contributed by atoms with Gasteiger partial charge >= 0.3 is 0 Å². The molecule has 1 fully saturated rings. The number of nitrogens with one attached hydrogen (secondary N) is 1. The standard InChI is InChI=1S/C14H23N3/c1-3-11-6-4-5-7-13(11)17-14-8-10(2)12(15)9-16-14/h8-9,11,13H,3-7,15H2,1-2H3,(H,16,17). The molecular formula is C14H23N3. The highest BCUT2D eigenvalue weighted by Gasteiger charge is 2.23. The van der Waals surface area contributed by atoms with Crippen molar-refractivity contribution < 1.29 is 0 Å². The minimum absolute atomic E-state index is 0.587. The number of nitrogens with two attached hydrogens (primary N) is 1. The molecule has 1 aliphatic carbocycles. The van der Waals surface area contributed by atoms with E-state index in [4.69, 9.17) is 5.73 Å². The molecule has 3 N–H and O–H groups in total. The van der Waals surface area contributed by atoms with Gasteiger partial charge in [-0.25, -0.2) is 4.98 Å². The van der Waals surface area contributed by atoms with Gasteiger partial charge in [0.15, 0.2) is 0 Å². The van der Waals surface area contributed by atoms with Crippen LogP contribution in [0.3, 0.4) is 0 Å². The highest BCUT2D eigenvalue weighted by molar-refractivity contribution is 5.51. The molecule has 1 heterocycles. The molecule has 3 heteroatoms. The molecule has 0 bridgehead atoms. The number of anilines is 2. The largest absolute Gasteiger partial charge is 0.397 e. The predicted molar refractivity (Wildman–Crippen MR) is 73.0 cm³/mol. The van der Waals surface area contributed by atoms with Gasteiger partial charge in [0.1, 0.15) is 5.82 Å². The lowest BCUT2D eigenvalue weighted by atomic mass is 9.83. The number of hydrogen-bond donors (Lipinski definition) is 2. The zero-order chi connectivity index (χ0) is 12.3. The average Bonchev–Trinajstić information content (AvgIpc) is 2.34. The molecule has 1 aliphatic rings. The van der Waals surface area contributed by atoms with Crippen LogP contribution in [0, 0.1) is 12.8 Å². The van der Waals surface area contributed by atoms with Gasteiger partial charge in [0.2, 0.25) is 0 Å². The number of aryl methyl sites for hydroxylation is 1. The molecule has 3 nitrogen and oxygen atoms in total. The number of hydrogen-bond acceptors (Lipinski definition) is 3. The van der Waals surface area contributed by atoms with E-state index in [1.807, 2.05) is 6.92 Å². The molecule has 0 radical (unpaired) electrons. The van der Waals surface area contributed by atoms with Gasteiger partial charge in [-0.15, -0.1) is 0 Å². The van der Waals surface area contributed by atoms with Crippen molar-refractivity contribution in [2.45, 2.75) is 52.0 Å². The molecule has 0 aliphatic heterocycles. The summed E-state index contributed by atoms with van der Waals surface area (Å²) >= 11 is 0. The minimum atomic E-state index is 0.587. The summed E-state index contributed by atoms with van der Waals surface area (Å²) in [6.45, 7) is 4.31. The first-order chi connectivity index (χ1) is 8.20. The lowest BCUT2D eigenvalue weighted by molar-refractivity contribution is 0.317. The molecule has 0 spiro atoms. The molecule has 1 aromatic rings. The van der Waals surface area contributed by atoms with Crippen molar-refractivity contribution in [1.29, 1.82) is 0 Å². The van der Waals surface area contributed by atoms with E-state index in [0.717, 1.165) is 23.0 Å². The van der Waals surface area contributed by atoms with Gasteiger partial charge < -0.3 is 11.1 Å². The SMILES string of the molecule is CCC1CCCCC1Nc1cc(C)c(N)cn1. The Morgan fingerprint density at radius 1 is 1.41 bits per heavy atom. The van der Waals surface area contributed by atoms with Gasteiger partial charge in [-0.3, -0.25) is 0 Å². The highest BCUT2D eigenvalue weighted by Crippen LogP contribution is 2.29. The van der Waals surface area contributed by atoms with Gasteiger partial charge in [-0.05, 0) is 37.3 Å². The second kappa shape index (κ2) is 5.39. The van der Waals surface area contributed by atoms with Gasteiger partial charge in [0.05, 0.1) is 11.9 Å². The van der Waals surface area contributed by atoms with E-state index in [2.05, 4.69) is 23.3 Å². The van der Waals surface area contributed by atoms with Crippen LogP contribution in [0.25, 0.3) is 0 Å². The van der Waals surface area contributed by atoms with Crippen molar-refractivity contribution >= 4 is 11.5 Å². The third kappa shape index (κ3) is 2.90. The fraction of sp³-hybridized carbons (Fsp3) is 0.643. The van der Waals surface area contributed by atoms with Crippen molar-refractivity contribution in [3.63, 3.8) is 0 Å². The van der Waals surface area contributed by atoms with Crippen LogP contribution in [0.1, 0.15) is 44.6 Å². The molecule has 0 saturated heterocycles. The fourth-order valence-electron chi connectivity index (χ4n) is 2.72. The zero-order valence-electron chi connectivity index (χ0n) is 10.9. The number of rotatable bonds is 3. The Morgan fingerprint density at radius 2 is 2.18 bits per heavy atom. The molecule has 2 unspecified atom stereocenters. The first-order valence-electron chi connectivity index (χ1n) is 6.69. The average molecular weight is 233 g/mol. The van der Waals surface area contributed by atoms with Crippen LogP contribution in [0.2, 0.25) is 0 Å². The van der Waals surface area contributed by atoms with Crippen molar-refractivity contribution in [2.75, 3.05) is 11.1 Å². The van der Waals surface area contributed by atoms with E-state index in [0.29, 0.717) is 6.04 Å². The predicted octanol–water partition coefficient (Wildman–Crippen LogP) is 3.35. The van der Waals surface area contributed by atoms with Gasteiger partial charge in [0.25, 0.3) is 0 Å². The molecule has 94 valence electrons. The van der Waals surface area contributed by atoms with Crippen LogP contribution >= 0.6 is 0 Å². The minimum Gasteiger partial charge on any atom is -0.397 e. The van der Waals surface area contributed by atoms with Gasteiger partial charge in [-0.1, -0.05) is 26.2 Å². The lowest BCUT2D eigenvalue weighted by Crippen LogP contribution is -2.32. The first kappa shape index (κ1) is 12.2. The summed E-state index contributed by atoms with van der Waals surface area (Å²) < 4.78 is 0. The molecule has 2 rings (SSSR count). The summed E-state index contributed by atoms with van der Waals surface area (Å²) in [6.07, 6.45) is 8.34. The molecule has 1 aromatic heterocycles. The summed E-state index contributed by atoms with van der Waals surface area (Å²) in [4.78, 5) is 4.37. The second-order valence-corrected chi connectivity index (χ2v) is 5.13. The summed E-state index contributed by atoms with van der Waals surface area (Å²) in [6, 6.07) is 2.64. The van der Waals surface area contributed by atoms with Crippen molar-refractivity contribution in [2.24, 2.45) is 5.92 Å². The lowest BCUT2D eigenvalue weighted by Gasteiger charge is -2.32. The van der Waals surface area contributed by atoms with E-state index < -0.39 is 0 Å². The Hall–Kier alpha value is -1.25. The van der Waals surface area contributed by atoms with Crippen molar-refractivity contribution in [3.8, 4) is 0 Å². The topological polar surface area (TPSA) is 50.9 Å². The van der Waals surface area contributed by atoms with Crippen LogP contribution in [-0.2, 0) is 0 Å². The molecular weight excluding hydrogens is 210 g/mol. The molecule has 1 saturated carbocycles. The monoisotopic (exact) mass is 233 g/mol. The maximum absolute atomic E-state index is 5.79. The number of pyridine rings is 1.